The highest BCUT2D eigenvalue weighted by molar-refractivity contribution is 5.75. The summed E-state index contributed by atoms with van der Waals surface area (Å²) in [6, 6.07) is 3.59. The molecule has 0 unspecified atom stereocenters. The molecule has 1 saturated heterocycles. The number of aromatic nitrogens is 4. The largest absolute Gasteiger partial charge is 0.361 e. The van der Waals surface area contributed by atoms with Crippen LogP contribution < -0.4 is 5.32 Å². The molecule has 0 bridgehead atoms. The second kappa shape index (κ2) is 7.79. The zero-order chi connectivity index (χ0) is 19.5. The molecule has 9 nitrogen and oxygen atoms in total. The number of likely N-dealkylation sites (tertiary alicyclic amines) is 1. The van der Waals surface area contributed by atoms with Crippen molar-refractivity contribution in [2.45, 2.75) is 39.2 Å². The second-order valence-electron chi connectivity index (χ2n) is 6.82. The van der Waals surface area contributed by atoms with Gasteiger partial charge in [0.1, 0.15) is 5.76 Å². The zero-order valence-corrected chi connectivity index (χ0v) is 15.9. The van der Waals surface area contributed by atoms with E-state index in [4.69, 9.17) is 9.05 Å². The number of urea groups is 1. The van der Waals surface area contributed by atoms with Gasteiger partial charge >= 0.3 is 6.03 Å². The minimum Gasteiger partial charge on any atom is -0.361 e. The van der Waals surface area contributed by atoms with Crippen molar-refractivity contribution in [2.75, 3.05) is 13.1 Å². The summed E-state index contributed by atoms with van der Waals surface area (Å²) in [5, 5.41) is 10.9. The molecule has 0 aromatic carbocycles. The number of nitrogens with one attached hydrogen (secondary N) is 1. The number of pyridine rings is 1. The first-order valence-corrected chi connectivity index (χ1v) is 9.33. The molecule has 3 aromatic heterocycles. The predicted molar refractivity (Wildman–Crippen MR) is 99.3 cm³/mol. The minimum atomic E-state index is -0.102. The summed E-state index contributed by atoms with van der Waals surface area (Å²) in [6.45, 7) is 4.93. The Bertz CT molecular complexity index is 932. The molecule has 1 atom stereocenters. The molecule has 0 spiro atoms. The smallest absolute Gasteiger partial charge is 0.317 e. The van der Waals surface area contributed by atoms with Crippen LogP contribution in [-0.4, -0.2) is 44.3 Å². The van der Waals surface area contributed by atoms with Gasteiger partial charge in [0.15, 0.2) is 0 Å². The fraction of sp³-hybridized carbons (Fsp3) is 0.421. The van der Waals surface area contributed by atoms with Gasteiger partial charge in [0.25, 0.3) is 0 Å². The van der Waals surface area contributed by atoms with Crippen LogP contribution in [0.4, 0.5) is 4.79 Å². The molecule has 9 heteroatoms. The van der Waals surface area contributed by atoms with Gasteiger partial charge in [-0.15, -0.1) is 0 Å². The Kier molecular flexibility index (Phi) is 5.05. The third kappa shape index (κ3) is 3.60. The van der Waals surface area contributed by atoms with Gasteiger partial charge in [0.05, 0.1) is 11.7 Å². The van der Waals surface area contributed by atoms with Crippen molar-refractivity contribution < 1.29 is 13.8 Å². The quantitative estimate of drug-likeness (QED) is 0.722. The van der Waals surface area contributed by atoms with Gasteiger partial charge in [-0.3, -0.25) is 4.98 Å². The van der Waals surface area contributed by atoms with E-state index in [1.807, 2.05) is 30.9 Å². The maximum Gasteiger partial charge on any atom is 0.317 e. The average molecular weight is 382 g/mol. The van der Waals surface area contributed by atoms with E-state index in [1.54, 1.807) is 12.4 Å². The highest BCUT2D eigenvalue weighted by atomic mass is 16.5. The van der Waals surface area contributed by atoms with Crippen molar-refractivity contribution in [3.05, 3.63) is 47.4 Å². The van der Waals surface area contributed by atoms with E-state index in [-0.39, 0.29) is 12.1 Å². The number of nitrogens with zero attached hydrogens (tertiary/aromatic N) is 5. The van der Waals surface area contributed by atoms with E-state index in [2.05, 4.69) is 25.6 Å². The van der Waals surface area contributed by atoms with Crippen molar-refractivity contribution in [3.8, 4) is 11.4 Å². The Balaban J connectivity index is 1.34. The minimum absolute atomic E-state index is 0.00633. The van der Waals surface area contributed by atoms with E-state index in [9.17, 15) is 4.79 Å². The Morgan fingerprint density at radius 2 is 2.21 bits per heavy atom. The summed E-state index contributed by atoms with van der Waals surface area (Å²) in [5.74, 6) is 1.74. The number of carbonyl (C=O) groups excluding carboxylic acids is 1. The standard InChI is InChI=1S/C19H22N6O3/c1-12-17(13(2)27-23-12)15-6-4-10-25(15)19(26)21-9-7-16-22-18(24-28-16)14-5-3-8-20-11-14/h3,5,8,11,15H,4,6-7,9-10H2,1-2H3,(H,21,26)/t15-/m1/s1. The van der Waals surface area contributed by atoms with Gasteiger partial charge in [-0.2, -0.15) is 4.98 Å². The van der Waals surface area contributed by atoms with Gasteiger partial charge in [-0.25, -0.2) is 4.79 Å². The van der Waals surface area contributed by atoms with Crippen LogP contribution in [0.15, 0.2) is 33.6 Å². The molecule has 4 heterocycles. The fourth-order valence-electron chi connectivity index (χ4n) is 3.62. The Morgan fingerprint density at radius 1 is 1.32 bits per heavy atom. The highest BCUT2D eigenvalue weighted by Crippen LogP contribution is 2.35. The van der Waals surface area contributed by atoms with Crippen LogP contribution in [0.5, 0.6) is 0 Å². The van der Waals surface area contributed by atoms with E-state index < -0.39 is 0 Å². The van der Waals surface area contributed by atoms with Crippen molar-refractivity contribution in [1.82, 2.24) is 30.5 Å². The third-order valence-corrected chi connectivity index (χ3v) is 4.94. The van der Waals surface area contributed by atoms with Crippen LogP contribution >= 0.6 is 0 Å². The summed E-state index contributed by atoms with van der Waals surface area (Å²) >= 11 is 0. The summed E-state index contributed by atoms with van der Waals surface area (Å²) in [5.41, 5.74) is 2.66. The molecular formula is C19H22N6O3. The van der Waals surface area contributed by atoms with E-state index in [0.29, 0.717) is 31.2 Å². The molecule has 3 aromatic rings. The van der Waals surface area contributed by atoms with Gasteiger partial charge < -0.3 is 19.3 Å². The Morgan fingerprint density at radius 3 is 2.96 bits per heavy atom. The predicted octanol–water partition coefficient (Wildman–Crippen LogP) is 2.83. The number of hydrogen-bond donors (Lipinski definition) is 1. The average Bonchev–Trinajstić information content (AvgIpc) is 3.43. The molecule has 0 saturated carbocycles. The molecule has 146 valence electrons. The van der Waals surface area contributed by atoms with Gasteiger partial charge in [-0.05, 0) is 38.8 Å². The first-order chi connectivity index (χ1) is 13.6. The fourth-order valence-corrected chi connectivity index (χ4v) is 3.62. The van der Waals surface area contributed by atoms with Crippen molar-refractivity contribution in [2.24, 2.45) is 0 Å². The van der Waals surface area contributed by atoms with E-state index >= 15 is 0 Å². The molecule has 0 radical (unpaired) electrons. The highest BCUT2D eigenvalue weighted by Gasteiger charge is 2.33. The SMILES string of the molecule is Cc1noc(C)c1[C@H]1CCCN1C(=O)NCCc1nc(-c2cccnc2)no1. The zero-order valence-electron chi connectivity index (χ0n) is 15.9. The number of rotatable bonds is 5. The van der Waals surface area contributed by atoms with Crippen LogP contribution in [-0.2, 0) is 6.42 Å². The lowest BCUT2D eigenvalue weighted by Gasteiger charge is -2.24. The van der Waals surface area contributed by atoms with Crippen LogP contribution in [0.1, 0.15) is 41.8 Å². The molecular weight excluding hydrogens is 360 g/mol. The number of hydrogen-bond acceptors (Lipinski definition) is 7. The number of amides is 2. The van der Waals surface area contributed by atoms with Gasteiger partial charge in [-0.1, -0.05) is 10.3 Å². The van der Waals surface area contributed by atoms with Crippen LogP contribution in [0, 0.1) is 13.8 Å². The van der Waals surface area contributed by atoms with E-state index in [1.165, 1.54) is 0 Å². The molecule has 28 heavy (non-hydrogen) atoms. The van der Waals surface area contributed by atoms with Crippen LogP contribution in [0.3, 0.4) is 0 Å². The lowest BCUT2D eigenvalue weighted by molar-refractivity contribution is 0.192. The molecule has 1 N–H and O–H groups in total. The summed E-state index contributed by atoms with van der Waals surface area (Å²) < 4.78 is 10.5. The monoisotopic (exact) mass is 382 g/mol. The third-order valence-electron chi connectivity index (χ3n) is 4.94. The molecule has 4 rings (SSSR count). The molecule has 1 aliphatic rings. The van der Waals surface area contributed by atoms with Crippen molar-refractivity contribution in [1.29, 1.82) is 0 Å². The normalized spacial score (nSPS) is 16.5. The summed E-state index contributed by atoms with van der Waals surface area (Å²) in [4.78, 5) is 22.9. The Hall–Kier alpha value is -3.23. The van der Waals surface area contributed by atoms with Crippen LogP contribution in [0.25, 0.3) is 11.4 Å². The first-order valence-electron chi connectivity index (χ1n) is 9.33. The lowest BCUT2D eigenvalue weighted by Crippen LogP contribution is -2.40. The maximum atomic E-state index is 12.7. The second-order valence-corrected chi connectivity index (χ2v) is 6.82. The lowest BCUT2D eigenvalue weighted by atomic mass is 10.0. The molecule has 1 aliphatic heterocycles. The molecule has 2 amide bonds. The van der Waals surface area contributed by atoms with Crippen molar-refractivity contribution >= 4 is 6.03 Å². The summed E-state index contributed by atoms with van der Waals surface area (Å²) in [6.07, 6.45) is 5.70. The maximum absolute atomic E-state index is 12.7. The number of carbonyl (C=O) groups is 1. The van der Waals surface area contributed by atoms with Crippen LogP contribution in [0.2, 0.25) is 0 Å². The van der Waals surface area contributed by atoms with Gasteiger partial charge in [0.2, 0.25) is 11.7 Å². The topological polar surface area (TPSA) is 110 Å². The Labute approximate surface area is 162 Å². The van der Waals surface area contributed by atoms with Crippen molar-refractivity contribution in [3.63, 3.8) is 0 Å². The first kappa shape index (κ1) is 18.1. The summed E-state index contributed by atoms with van der Waals surface area (Å²) in [7, 11) is 0. The van der Waals surface area contributed by atoms with Gasteiger partial charge in [0, 0.05) is 43.0 Å². The number of aryl methyl sites for hydroxylation is 2. The molecule has 0 aliphatic carbocycles. The molecule has 1 fully saturated rings. The van der Waals surface area contributed by atoms with E-state index in [0.717, 1.165) is 35.4 Å².